The van der Waals surface area contributed by atoms with E-state index in [0.717, 1.165) is 38.7 Å². The van der Waals surface area contributed by atoms with Crippen molar-refractivity contribution >= 4 is 0 Å². The molecule has 3 nitrogen and oxygen atoms in total. The van der Waals surface area contributed by atoms with Gasteiger partial charge in [0.15, 0.2) is 0 Å². The van der Waals surface area contributed by atoms with Crippen LogP contribution < -0.4 is 0 Å². The summed E-state index contributed by atoms with van der Waals surface area (Å²) in [5.41, 5.74) is 0. The summed E-state index contributed by atoms with van der Waals surface area (Å²) in [7, 11) is 0. The second kappa shape index (κ2) is 111. The molecular weight excluding hydrogens is 256 g/mol. The van der Waals surface area contributed by atoms with Crippen molar-refractivity contribution in [1.82, 2.24) is 0 Å². The molecule has 0 spiro atoms. The van der Waals surface area contributed by atoms with Gasteiger partial charge in [0.25, 0.3) is 0 Å². The Balaban J connectivity index is -0.0000000225. The first-order valence-corrected chi connectivity index (χ1v) is 2.26. The molecule has 39 valence electrons. The second-order valence-electron chi connectivity index (χ2n) is 0. The molecule has 0 saturated carbocycles. The Kier molecular flexibility index (Phi) is 290. The van der Waals surface area contributed by atoms with Crippen molar-refractivity contribution in [3.05, 3.63) is 0 Å². The van der Waals surface area contributed by atoms with Crippen molar-refractivity contribution in [1.29, 1.82) is 0 Å². The first kappa shape index (κ1) is 15.7. The molecule has 0 atom stereocenters. The average molecular weight is 256 g/mol. The van der Waals surface area contributed by atoms with Gasteiger partial charge >= 0.3 is 65.1 Å². The molecule has 0 amide bonds. The van der Waals surface area contributed by atoms with Gasteiger partial charge in [-0.15, -0.1) is 0 Å². The first-order valence-electron chi connectivity index (χ1n) is 0.485. The van der Waals surface area contributed by atoms with Crippen LogP contribution in [0.1, 0.15) is 0 Å². The average Bonchev–Trinajstić information content (AvgIpc) is 1.81. The number of rotatable bonds is 0. The molecule has 0 saturated heterocycles. The molecule has 0 aromatic rings. The van der Waals surface area contributed by atoms with E-state index in [-0.39, 0.29) is 0 Å². The third-order valence-corrected chi connectivity index (χ3v) is 0. The minimum absolute atomic E-state index is 0.750. The third-order valence-electron chi connectivity index (χ3n) is 0. The molecule has 0 fully saturated rings. The zero-order valence-corrected chi connectivity index (χ0v) is 6.75. The zero-order valence-electron chi connectivity index (χ0n) is 2.41. The molecule has 0 aliphatic heterocycles. The van der Waals surface area contributed by atoms with Crippen LogP contribution >= 0.6 is 0 Å². The van der Waals surface area contributed by atoms with Gasteiger partial charge in [-0.05, 0) is 0 Å². The Labute approximate surface area is 64.7 Å². The van der Waals surface area contributed by atoms with Crippen LogP contribution in [0.15, 0.2) is 0 Å². The normalized spacial score (nSPS) is 2.17. The van der Waals surface area contributed by atoms with Crippen LogP contribution in [0, 0.1) is 0 Å². The summed E-state index contributed by atoms with van der Waals surface area (Å²) < 4.78 is 24.4. The van der Waals surface area contributed by atoms with Crippen LogP contribution in [0.4, 0.5) is 0 Å². The summed E-state index contributed by atoms with van der Waals surface area (Å²) in [4.78, 5) is 0. The Morgan fingerprint density at radius 2 is 1.17 bits per heavy atom. The molecule has 0 unspecified atom stereocenters. The maximum atomic E-state index is 8.25. The molecule has 6 heteroatoms. The van der Waals surface area contributed by atoms with Crippen LogP contribution in [-0.4, -0.2) is 0 Å². The summed E-state index contributed by atoms with van der Waals surface area (Å²) in [5.74, 6) is 0. The summed E-state index contributed by atoms with van der Waals surface area (Å²) in [6, 6.07) is 0. The van der Waals surface area contributed by atoms with Crippen molar-refractivity contribution in [3.8, 4) is 0 Å². The molecule has 0 N–H and O–H groups in total. The monoisotopic (exact) mass is 257 g/mol. The zero-order chi connectivity index (χ0) is 6.00. The predicted octanol–water partition coefficient (Wildman–Crippen LogP) is -0.364. The van der Waals surface area contributed by atoms with Crippen LogP contribution in [0.5, 0.6) is 0 Å². The van der Waals surface area contributed by atoms with E-state index < -0.39 is 0 Å². The SMILES string of the molecule is [O]=[Co].[O]=[Ru].[O]=[Ti]. The van der Waals surface area contributed by atoms with Crippen LogP contribution in [0.2, 0.25) is 0 Å². The van der Waals surface area contributed by atoms with E-state index >= 15 is 0 Å². The molecule has 0 aromatic carbocycles. The molecule has 0 bridgehead atoms. The van der Waals surface area contributed by atoms with E-state index in [1.54, 1.807) is 0 Å². The van der Waals surface area contributed by atoms with Gasteiger partial charge in [0, 0.05) is 0 Å². The van der Waals surface area contributed by atoms with Crippen molar-refractivity contribution in [2.75, 3.05) is 0 Å². The van der Waals surface area contributed by atoms with Gasteiger partial charge in [-0.25, -0.2) is 0 Å². The van der Waals surface area contributed by atoms with Gasteiger partial charge in [-0.2, -0.15) is 0 Å². The fourth-order valence-corrected chi connectivity index (χ4v) is 0. The predicted molar refractivity (Wildman–Crippen MR) is 2.06 cm³/mol. The summed E-state index contributed by atoms with van der Waals surface area (Å²) >= 11 is 4.16. The van der Waals surface area contributed by atoms with Gasteiger partial charge in [-0.3, -0.25) is 0 Å². The second-order valence-corrected chi connectivity index (χ2v) is 0. The number of hydrogen-bond donors (Lipinski definition) is 0. The Hall–Kier alpha value is 1.24. The molecule has 0 aromatic heterocycles. The van der Waals surface area contributed by atoms with Gasteiger partial charge in [0.1, 0.15) is 0 Å². The van der Waals surface area contributed by atoms with Crippen molar-refractivity contribution < 1.29 is 65.1 Å². The van der Waals surface area contributed by atoms with E-state index in [1.807, 2.05) is 0 Å². The molecule has 0 radical (unpaired) electrons. The van der Waals surface area contributed by atoms with Crippen molar-refractivity contribution in [2.45, 2.75) is 0 Å². The molecule has 0 aliphatic rings. The van der Waals surface area contributed by atoms with E-state index in [0.29, 0.717) is 0 Å². The van der Waals surface area contributed by atoms with E-state index in [4.69, 9.17) is 10.8 Å². The minimum atomic E-state index is 0.750. The summed E-state index contributed by atoms with van der Waals surface area (Å²) in [6.07, 6.45) is 0. The van der Waals surface area contributed by atoms with Crippen LogP contribution in [0.25, 0.3) is 0 Å². The van der Waals surface area contributed by atoms with Gasteiger partial charge in [-0.1, -0.05) is 0 Å². The molecule has 0 rings (SSSR count). The van der Waals surface area contributed by atoms with E-state index in [1.165, 1.54) is 0 Å². The third kappa shape index (κ3) is 61.0. The van der Waals surface area contributed by atoms with Crippen LogP contribution in [-0.2, 0) is 65.1 Å². The van der Waals surface area contributed by atoms with Crippen molar-refractivity contribution in [3.63, 3.8) is 0 Å². The molecule has 0 heterocycles. The standard InChI is InChI=1S/Co.3O.Ru.Ti. The molecule has 6 heavy (non-hydrogen) atoms. The maximum absolute atomic E-state index is 8.25. The van der Waals surface area contributed by atoms with Gasteiger partial charge in [0.2, 0.25) is 0 Å². The quantitative estimate of drug-likeness (QED) is 0.556. The first-order chi connectivity index (χ1) is 3.00. The van der Waals surface area contributed by atoms with E-state index in [2.05, 4.69) is 15.7 Å². The number of hydrogen-bond acceptors (Lipinski definition) is 3. The Morgan fingerprint density at radius 1 is 1.17 bits per heavy atom. The molecule has 0 aliphatic carbocycles. The van der Waals surface area contributed by atoms with Gasteiger partial charge in [0.05, 0.1) is 0 Å². The topological polar surface area (TPSA) is 51.2 Å². The van der Waals surface area contributed by atoms with E-state index in [9.17, 15) is 0 Å². The Morgan fingerprint density at radius 3 is 1.17 bits per heavy atom. The fourth-order valence-electron chi connectivity index (χ4n) is 0. The summed E-state index contributed by atoms with van der Waals surface area (Å²) in [5, 5.41) is 0. The fraction of sp³-hybridized carbons (Fsp3) is 0. The Bertz CT molecular complexity index is 15.5. The van der Waals surface area contributed by atoms with Crippen LogP contribution in [0.3, 0.4) is 0 Å². The van der Waals surface area contributed by atoms with Crippen molar-refractivity contribution in [2.24, 2.45) is 0 Å². The van der Waals surface area contributed by atoms with Gasteiger partial charge < -0.3 is 0 Å². The summed E-state index contributed by atoms with van der Waals surface area (Å²) in [6.45, 7) is 0. The molecular formula is CoO3RuTi.